The summed E-state index contributed by atoms with van der Waals surface area (Å²) in [4.78, 5) is 34.5. The van der Waals surface area contributed by atoms with Crippen molar-refractivity contribution in [2.45, 2.75) is 12.6 Å². The maximum absolute atomic E-state index is 13.6. The van der Waals surface area contributed by atoms with E-state index in [1.54, 1.807) is 54.6 Å². The summed E-state index contributed by atoms with van der Waals surface area (Å²) in [6.07, 6.45) is 4.44. The maximum Gasteiger partial charge on any atom is 0.413 e. The predicted molar refractivity (Wildman–Crippen MR) is 135 cm³/mol. The summed E-state index contributed by atoms with van der Waals surface area (Å²) < 4.78 is 0. The van der Waals surface area contributed by atoms with Gasteiger partial charge in [0.1, 0.15) is 0 Å². The number of carbonyl (C=O) groups excluding carboxylic acids is 1. The Morgan fingerprint density at radius 3 is 2.63 bits per heavy atom. The molecule has 3 N–H and O–H groups in total. The number of nitrogens with zero attached hydrogens (tertiary/aromatic N) is 3. The monoisotopic (exact) mass is 488 g/mol. The molecule has 0 saturated carbocycles. The third-order valence-corrected chi connectivity index (χ3v) is 6.15. The van der Waals surface area contributed by atoms with Crippen molar-refractivity contribution in [1.29, 1.82) is 0 Å². The number of nitrogens with one attached hydrogen (secondary N) is 1. The van der Waals surface area contributed by atoms with Gasteiger partial charge in [-0.25, -0.2) is 9.78 Å². The number of aromatic amines is 1. The number of anilines is 2. The lowest BCUT2D eigenvalue weighted by atomic mass is 9.93. The minimum Gasteiger partial charge on any atom is -0.465 e. The molecule has 1 aromatic heterocycles. The maximum atomic E-state index is 13.6. The molecule has 5 rings (SSSR count). The molecule has 1 aliphatic heterocycles. The molecule has 2 heterocycles. The predicted octanol–water partition coefficient (Wildman–Crippen LogP) is 4.24. The number of carbonyl (C=O) groups is 2. The van der Waals surface area contributed by atoms with Crippen molar-refractivity contribution in [3.8, 4) is 12.3 Å². The van der Waals surface area contributed by atoms with Crippen LogP contribution in [0.5, 0.6) is 0 Å². The van der Waals surface area contributed by atoms with Gasteiger partial charge in [0.25, 0.3) is 5.91 Å². The van der Waals surface area contributed by atoms with Gasteiger partial charge in [-0.05, 0) is 42.8 Å². The first-order chi connectivity index (χ1) is 16.3. The van der Waals surface area contributed by atoms with E-state index in [0.29, 0.717) is 39.0 Å². The fraction of sp³-hybridized carbons (Fsp3) is 0.115. The Labute approximate surface area is 207 Å². The van der Waals surface area contributed by atoms with Crippen LogP contribution >= 0.6 is 12.4 Å². The van der Waals surface area contributed by atoms with Crippen molar-refractivity contribution in [3.63, 3.8) is 0 Å². The summed E-state index contributed by atoms with van der Waals surface area (Å²) in [5.41, 5.74) is 2.28. The van der Waals surface area contributed by atoms with E-state index in [-0.39, 0.29) is 24.3 Å². The van der Waals surface area contributed by atoms with Crippen LogP contribution in [0.2, 0.25) is 0 Å². The zero-order chi connectivity index (χ0) is 24.2. The van der Waals surface area contributed by atoms with Crippen LogP contribution in [-0.2, 0) is 5.72 Å². The molecule has 0 fully saturated rings. The van der Waals surface area contributed by atoms with Crippen LogP contribution in [0.15, 0.2) is 60.7 Å². The van der Waals surface area contributed by atoms with Crippen molar-refractivity contribution in [2.75, 3.05) is 16.8 Å². The van der Waals surface area contributed by atoms with Crippen LogP contribution < -0.4 is 9.80 Å². The Bertz CT molecular complexity index is 1540. The van der Waals surface area contributed by atoms with E-state index in [9.17, 15) is 19.8 Å². The van der Waals surface area contributed by atoms with Crippen LogP contribution in [0.1, 0.15) is 32.6 Å². The normalized spacial score (nSPS) is 16.5. The van der Waals surface area contributed by atoms with E-state index >= 15 is 0 Å². The van der Waals surface area contributed by atoms with E-state index < -0.39 is 11.8 Å². The minimum atomic E-state index is -1.83. The summed E-state index contributed by atoms with van der Waals surface area (Å²) in [7, 11) is 1.38. The van der Waals surface area contributed by atoms with E-state index in [4.69, 9.17) is 6.42 Å². The number of amides is 2. The molecular weight excluding hydrogens is 468 g/mol. The molecule has 1 aliphatic rings. The van der Waals surface area contributed by atoms with Crippen LogP contribution in [0.3, 0.4) is 0 Å². The number of aryl methyl sites for hydroxylation is 1. The first-order valence-corrected chi connectivity index (χ1v) is 10.5. The second-order valence-electron chi connectivity index (χ2n) is 8.14. The van der Waals surface area contributed by atoms with Crippen molar-refractivity contribution in [2.24, 2.45) is 0 Å². The molecule has 0 aliphatic carbocycles. The lowest BCUT2D eigenvalue weighted by Gasteiger charge is -2.35. The number of terminal acetylenes is 1. The van der Waals surface area contributed by atoms with Crippen molar-refractivity contribution >= 4 is 47.1 Å². The average Bonchev–Trinajstić information content (AvgIpc) is 3.36. The van der Waals surface area contributed by atoms with Gasteiger partial charge in [-0.15, -0.1) is 18.8 Å². The van der Waals surface area contributed by atoms with Gasteiger partial charge in [-0.2, -0.15) is 0 Å². The number of fused-ring (bicyclic) bond motifs is 2. The average molecular weight is 489 g/mol. The van der Waals surface area contributed by atoms with E-state index in [2.05, 4.69) is 15.9 Å². The van der Waals surface area contributed by atoms with Crippen LogP contribution in [0.25, 0.3) is 11.0 Å². The summed E-state index contributed by atoms with van der Waals surface area (Å²) in [6.45, 7) is 1.85. The number of aromatic nitrogens is 2. The molecule has 3 aromatic carbocycles. The lowest BCUT2D eigenvalue weighted by molar-refractivity contribution is 0.0703. The molecular formula is C26H21ClN4O4. The van der Waals surface area contributed by atoms with E-state index in [0.717, 1.165) is 10.5 Å². The number of halogens is 1. The molecule has 1 unspecified atom stereocenters. The molecule has 1 atom stereocenters. The number of imidazole rings is 1. The number of hydrogen-bond donors (Lipinski definition) is 3. The summed E-state index contributed by atoms with van der Waals surface area (Å²) in [6, 6.07) is 17.2. The Morgan fingerprint density at radius 2 is 1.91 bits per heavy atom. The third-order valence-electron chi connectivity index (χ3n) is 6.15. The highest BCUT2D eigenvalue weighted by molar-refractivity contribution is 6.13. The molecule has 0 bridgehead atoms. The standard InChI is InChI=1S/C26H20N4O4.ClH/c1-4-16-10-9-15(2)22(13-16)30-23(31)18-7-5-6-8-19(18)26(30,34)17-11-12-20-21(14-17)28-24(27-20)29(3)25(32)33;/h1,5-14,34H,2-3H3,(H,27,28)(H,32,33);1H. The fourth-order valence-corrected chi connectivity index (χ4v) is 4.33. The number of carboxylic acid groups (broad SMARTS) is 1. The van der Waals surface area contributed by atoms with Crippen LogP contribution in [0.4, 0.5) is 16.4 Å². The van der Waals surface area contributed by atoms with E-state index in [1.807, 2.05) is 13.0 Å². The lowest BCUT2D eigenvalue weighted by Crippen LogP contribution is -2.45. The largest absolute Gasteiger partial charge is 0.465 e. The summed E-state index contributed by atoms with van der Waals surface area (Å²) >= 11 is 0. The zero-order valence-electron chi connectivity index (χ0n) is 18.8. The number of H-pyrrole nitrogens is 1. The van der Waals surface area contributed by atoms with Crippen LogP contribution in [-0.4, -0.2) is 39.2 Å². The number of benzene rings is 3. The first-order valence-electron chi connectivity index (χ1n) is 10.5. The molecule has 2 amide bonds. The van der Waals surface area contributed by atoms with Crippen molar-refractivity contribution in [1.82, 2.24) is 9.97 Å². The molecule has 9 heteroatoms. The second kappa shape index (κ2) is 8.47. The van der Waals surface area contributed by atoms with Gasteiger partial charge in [0, 0.05) is 29.3 Å². The molecule has 4 aromatic rings. The molecule has 176 valence electrons. The number of rotatable bonds is 3. The van der Waals surface area contributed by atoms with Gasteiger partial charge in [0.15, 0.2) is 5.72 Å². The van der Waals surface area contributed by atoms with Gasteiger partial charge in [-0.1, -0.05) is 36.3 Å². The Hall–Kier alpha value is -4.32. The van der Waals surface area contributed by atoms with Gasteiger partial charge < -0.3 is 15.2 Å². The minimum absolute atomic E-state index is 0. The number of aliphatic hydroxyl groups is 1. The quantitative estimate of drug-likeness (QED) is 0.374. The molecule has 0 saturated heterocycles. The topological polar surface area (TPSA) is 110 Å². The van der Waals surface area contributed by atoms with Crippen molar-refractivity contribution < 1.29 is 19.8 Å². The highest BCUT2D eigenvalue weighted by Crippen LogP contribution is 2.46. The zero-order valence-corrected chi connectivity index (χ0v) is 19.6. The van der Waals surface area contributed by atoms with Gasteiger partial charge in [0.2, 0.25) is 5.95 Å². The number of hydrogen-bond acceptors (Lipinski definition) is 4. The Morgan fingerprint density at radius 1 is 1.17 bits per heavy atom. The smallest absolute Gasteiger partial charge is 0.413 e. The third kappa shape index (κ3) is 3.49. The fourth-order valence-electron chi connectivity index (χ4n) is 4.33. The summed E-state index contributed by atoms with van der Waals surface area (Å²) in [5.74, 6) is 2.37. The SMILES string of the molecule is C#Cc1ccc(C)c(N2C(=O)c3ccccc3C2(O)c2ccc3nc(N(C)C(=O)O)[nH]c3c2)c1.Cl. The van der Waals surface area contributed by atoms with Crippen LogP contribution in [0, 0.1) is 19.3 Å². The van der Waals surface area contributed by atoms with Crippen molar-refractivity contribution in [3.05, 3.63) is 88.5 Å². The van der Waals surface area contributed by atoms with Gasteiger partial charge >= 0.3 is 6.09 Å². The van der Waals surface area contributed by atoms with Gasteiger partial charge in [-0.3, -0.25) is 14.6 Å². The first kappa shape index (κ1) is 23.8. The molecule has 0 radical (unpaired) electrons. The van der Waals surface area contributed by atoms with E-state index in [1.165, 1.54) is 11.9 Å². The Kier molecular flexibility index (Phi) is 5.77. The summed E-state index contributed by atoms with van der Waals surface area (Å²) in [5, 5.41) is 21.5. The second-order valence-corrected chi connectivity index (χ2v) is 8.14. The highest BCUT2D eigenvalue weighted by Gasteiger charge is 2.51. The Balaban J connectivity index is 0.00000289. The highest BCUT2D eigenvalue weighted by atomic mass is 35.5. The molecule has 8 nitrogen and oxygen atoms in total. The van der Waals surface area contributed by atoms with Gasteiger partial charge in [0.05, 0.1) is 16.7 Å². The molecule has 35 heavy (non-hydrogen) atoms. The molecule has 0 spiro atoms.